The molecule has 5 aromatic carbocycles. The molecule has 2 heterocycles. The van der Waals surface area contributed by atoms with E-state index in [1.54, 1.807) is 0 Å². The topological polar surface area (TPSA) is 43.6 Å². The molecule has 0 N–H and O–H groups in total. The van der Waals surface area contributed by atoms with Crippen LogP contribution in [0.25, 0.3) is 61.7 Å². The molecule has 0 spiro atoms. The highest BCUT2D eigenvalue weighted by atomic mass is 35.5. The van der Waals surface area contributed by atoms with Crippen LogP contribution in [0.4, 0.5) is 0 Å². The molecule has 0 saturated heterocycles. The second-order valence-corrected chi connectivity index (χ2v) is 9.54. The smallest absolute Gasteiger partial charge is 0.164 e. The van der Waals surface area contributed by atoms with Crippen LogP contribution in [0.15, 0.2) is 127 Å². The summed E-state index contributed by atoms with van der Waals surface area (Å²) in [6.07, 6.45) is 0. The van der Waals surface area contributed by atoms with Crippen LogP contribution in [0, 0.1) is 0 Å². The summed E-state index contributed by atoms with van der Waals surface area (Å²) in [7, 11) is 0. The molecule has 5 heteroatoms. The van der Waals surface area contributed by atoms with Crippen LogP contribution in [0.5, 0.6) is 0 Å². The number of aromatic nitrogens is 4. The number of fused-ring (bicyclic) bond motifs is 3. The molecule has 0 aliphatic rings. The Kier molecular flexibility index (Phi) is 5.46. The van der Waals surface area contributed by atoms with Gasteiger partial charge in [-0.2, -0.15) is 0 Å². The molecule has 0 atom stereocenters. The van der Waals surface area contributed by atoms with Gasteiger partial charge in [0.2, 0.25) is 0 Å². The van der Waals surface area contributed by atoms with Crippen LogP contribution in [-0.4, -0.2) is 19.5 Å². The van der Waals surface area contributed by atoms with E-state index in [0.29, 0.717) is 17.5 Å². The third-order valence-corrected chi connectivity index (χ3v) is 6.93. The Labute approximate surface area is 224 Å². The van der Waals surface area contributed by atoms with Gasteiger partial charge in [0.25, 0.3) is 0 Å². The minimum absolute atomic E-state index is 0.628. The molecular formula is C33H21ClN4. The van der Waals surface area contributed by atoms with Crippen LogP contribution in [0.3, 0.4) is 0 Å². The van der Waals surface area contributed by atoms with Crippen LogP contribution in [0.2, 0.25) is 5.02 Å². The van der Waals surface area contributed by atoms with Crippen molar-refractivity contribution in [2.24, 2.45) is 0 Å². The largest absolute Gasteiger partial charge is 0.309 e. The molecule has 7 aromatic rings. The lowest BCUT2D eigenvalue weighted by atomic mass is 10.1. The average Bonchev–Trinajstić information content (AvgIpc) is 3.31. The highest BCUT2D eigenvalue weighted by molar-refractivity contribution is 6.32. The molecule has 7 rings (SSSR count). The summed E-state index contributed by atoms with van der Waals surface area (Å²) in [5.74, 6) is 1.92. The molecule has 0 amide bonds. The van der Waals surface area contributed by atoms with Crippen molar-refractivity contribution in [2.45, 2.75) is 0 Å². The SMILES string of the molecule is Clc1ccc2c(c1)c1ccccc1n2-c1cccc(-c2nc(-c3ccccc3)nc(-c3ccccc3)n2)c1. The fourth-order valence-electron chi connectivity index (χ4n) is 4.95. The quantitative estimate of drug-likeness (QED) is 0.239. The van der Waals surface area contributed by atoms with Gasteiger partial charge in [0.05, 0.1) is 11.0 Å². The molecule has 180 valence electrons. The van der Waals surface area contributed by atoms with Gasteiger partial charge in [-0.05, 0) is 36.4 Å². The van der Waals surface area contributed by atoms with Gasteiger partial charge in [-0.3, -0.25) is 0 Å². The number of para-hydroxylation sites is 1. The third kappa shape index (κ3) is 3.92. The van der Waals surface area contributed by atoms with Gasteiger partial charge in [-0.15, -0.1) is 0 Å². The molecule has 0 saturated carbocycles. The zero-order valence-corrected chi connectivity index (χ0v) is 21.0. The summed E-state index contributed by atoms with van der Waals surface area (Å²) in [6.45, 7) is 0. The number of halogens is 1. The second-order valence-electron chi connectivity index (χ2n) is 9.10. The van der Waals surface area contributed by atoms with Gasteiger partial charge in [-0.25, -0.2) is 15.0 Å². The highest BCUT2D eigenvalue weighted by Gasteiger charge is 2.15. The summed E-state index contributed by atoms with van der Waals surface area (Å²) >= 11 is 6.38. The van der Waals surface area contributed by atoms with E-state index in [1.165, 1.54) is 0 Å². The first-order chi connectivity index (χ1) is 18.7. The van der Waals surface area contributed by atoms with Crippen molar-refractivity contribution in [3.63, 3.8) is 0 Å². The van der Waals surface area contributed by atoms with Crippen molar-refractivity contribution in [2.75, 3.05) is 0 Å². The van der Waals surface area contributed by atoms with Crippen molar-refractivity contribution in [3.05, 3.63) is 132 Å². The molecule has 2 aromatic heterocycles. The van der Waals surface area contributed by atoms with Gasteiger partial charge in [0.15, 0.2) is 17.5 Å². The third-order valence-electron chi connectivity index (χ3n) is 6.70. The standard InChI is InChI=1S/C33H21ClN4/c34-25-18-19-30-28(21-25)27-16-7-8-17-29(27)38(30)26-15-9-14-24(20-26)33-36-31(22-10-3-1-4-11-22)35-32(37-33)23-12-5-2-6-13-23/h1-21H. The summed E-state index contributed by atoms with van der Waals surface area (Å²) in [5, 5.41) is 3.01. The highest BCUT2D eigenvalue weighted by Crippen LogP contribution is 2.34. The fourth-order valence-corrected chi connectivity index (χ4v) is 5.12. The number of benzene rings is 5. The maximum atomic E-state index is 6.38. The molecule has 0 bridgehead atoms. The number of rotatable bonds is 4. The van der Waals surface area contributed by atoms with E-state index < -0.39 is 0 Å². The normalized spacial score (nSPS) is 11.3. The minimum Gasteiger partial charge on any atom is -0.309 e. The molecule has 0 unspecified atom stereocenters. The van der Waals surface area contributed by atoms with Crippen molar-refractivity contribution < 1.29 is 0 Å². The van der Waals surface area contributed by atoms with Crippen molar-refractivity contribution >= 4 is 33.4 Å². The summed E-state index contributed by atoms with van der Waals surface area (Å²) in [4.78, 5) is 14.6. The van der Waals surface area contributed by atoms with E-state index in [2.05, 4.69) is 53.1 Å². The predicted molar refractivity (Wildman–Crippen MR) is 155 cm³/mol. The zero-order valence-electron chi connectivity index (χ0n) is 20.3. The van der Waals surface area contributed by atoms with E-state index >= 15 is 0 Å². The number of hydrogen-bond acceptors (Lipinski definition) is 3. The van der Waals surface area contributed by atoms with E-state index in [4.69, 9.17) is 26.6 Å². The Morgan fingerprint density at radius 1 is 0.447 bits per heavy atom. The molecular weight excluding hydrogens is 488 g/mol. The van der Waals surface area contributed by atoms with Crippen LogP contribution >= 0.6 is 11.6 Å². The number of nitrogens with zero attached hydrogens (tertiary/aromatic N) is 4. The van der Waals surface area contributed by atoms with E-state index in [1.807, 2.05) is 78.9 Å². The van der Waals surface area contributed by atoms with Crippen LogP contribution in [0.1, 0.15) is 0 Å². The van der Waals surface area contributed by atoms with Gasteiger partial charge in [-0.1, -0.05) is 103 Å². The first-order valence-corrected chi connectivity index (χ1v) is 12.8. The zero-order chi connectivity index (χ0) is 25.5. The number of hydrogen-bond donors (Lipinski definition) is 0. The Morgan fingerprint density at radius 2 is 1.00 bits per heavy atom. The lowest BCUT2D eigenvalue weighted by Gasteiger charge is -2.11. The fraction of sp³-hybridized carbons (Fsp3) is 0. The van der Waals surface area contributed by atoms with Gasteiger partial charge < -0.3 is 4.57 Å². The summed E-state index contributed by atoms with van der Waals surface area (Å²) in [5.41, 5.74) is 6.05. The van der Waals surface area contributed by atoms with E-state index in [9.17, 15) is 0 Å². The summed E-state index contributed by atoms with van der Waals surface area (Å²) < 4.78 is 2.27. The monoisotopic (exact) mass is 508 g/mol. The van der Waals surface area contributed by atoms with Gasteiger partial charge in [0.1, 0.15) is 0 Å². The lowest BCUT2D eigenvalue weighted by molar-refractivity contribution is 1.07. The molecule has 4 nitrogen and oxygen atoms in total. The molecule has 38 heavy (non-hydrogen) atoms. The first-order valence-electron chi connectivity index (χ1n) is 12.4. The Morgan fingerprint density at radius 3 is 1.68 bits per heavy atom. The van der Waals surface area contributed by atoms with Gasteiger partial charge >= 0.3 is 0 Å². The second kappa shape index (κ2) is 9.25. The van der Waals surface area contributed by atoms with Crippen molar-refractivity contribution in [3.8, 4) is 39.9 Å². The van der Waals surface area contributed by atoms with E-state index in [-0.39, 0.29) is 0 Å². The predicted octanol–water partition coefficient (Wildman–Crippen LogP) is 8.62. The van der Waals surface area contributed by atoms with Crippen LogP contribution in [-0.2, 0) is 0 Å². The Balaban J connectivity index is 1.44. The minimum atomic E-state index is 0.628. The van der Waals surface area contributed by atoms with Crippen LogP contribution < -0.4 is 0 Å². The maximum Gasteiger partial charge on any atom is 0.164 e. The molecule has 0 aliphatic heterocycles. The summed E-state index contributed by atoms with van der Waals surface area (Å²) in [6, 6.07) is 42.9. The molecule has 0 aliphatic carbocycles. The maximum absolute atomic E-state index is 6.38. The van der Waals surface area contributed by atoms with Gasteiger partial charge in [0, 0.05) is 38.2 Å². The van der Waals surface area contributed by atoms with E-state index in [0.717, 1.165) is 49.2 Å². The average molecular weight is 509 g/mol. The van der Waals surface area contributed by atoms with Crippen molar-refractivity contribution in [1.82, 2.24) is 19.5 Å². The Bertz CT molecular complexity index is 1870. The Hall–Kier alpha value is -4.80. The molecule has 0 radical (unpaired) electrons. The first kappa shape index (κ1) is 22.4. The molecule has 0 fully saturated rings. The van der Waals surface area contributed by atoms with Crippen molar-refractivity contribution in [1.29, 1.82) is 0 Å². The lowest BCUT2D eigenvalue weighted by Crippen LogP contribution is -2.01.